The third kappa shape index (κ3) is 5.90. The molecule has 92 valence electrons. The van der Waals surface area contributed by atoms with Gasteiger partial charge in [-0.25, -0.2) is 9.59 Å². The van der Waals surface area contributed by atoms with E-state index in [0.29, 0.717) is 6.54 Å². The van der Waals surface area contributed by atoms with E-state index in [1.165, 1.54) is 11.9 Å². The highest BCUT2D eigenvalue weighted by Gasteiger charge is 2.09. The molecule has 0 unspecified atom stereocenters. The quantitative estimate of drug-likeness (QED) is 0.743. The summed E-state index contributed by atoms with van der Waals surface area (Å²) in [7, 11) is 3.08. The van der Waals surface area contributed by atoms with E-state index in [9.17, 15) is 9.59 Å². The molecule has 6 heteroatoms. The average Bonchev–Trinajstić information content (AvgIpc) is 2.25. The number of carboxylic acid groups (broad SMARTS) is 1. The van der Waals surface area contributed by atoms with Crippen LogP contribution in [-0.2, 0) is 0 Å². The summed E-state index contributed by atoms with van der Waals surface area (Å²) in [5, 5.41) is 11.2. The lowest BCUT2D eigenvalue weighted by Gasteiger charge is -2.20. The van der Waals surface area contributed by atoms with Crippen molar-refractivity contribution in [1.29, 1.82) is 0 Å². The van der Waals surface area contributed by atoms with Crippen molar-refractivity contribution in [1.82, 2.24) is 15.1 Å². The first-order valence-electron chi connectivity index (χ1n) is 5.09. The molecule has 16 heavy (non-hydrogen) atoms. The summed E-state index contributed by atoms with van der Waals surface area (Å²) in [6.07, 6.45) is 3.26. The third-order valence-electron chi connectivity index (χ3n) is 2.00. The van der Waals surface area contributed by atoms with Crippen LogP contribution in [0.15, 0.2) is 12.3 Å². The summed E-state index contributed by atoms with van der Waals surface area (Å²) >= 11 is 0. The first kappa shape index (κ1) is 14.3. The number of allylic oxidation sites excluding steroid dienone is 1. The Balaban J connectivity index is 3.87. The molecule has 6 nitrogen and oxygen atoms in total. The van der Waals surface area contributed by atoms with Gasteiger partial charge in [0.05, 0.1) is 0 Å². The molecule has 0 radical (unpaired) electrons. The van der Waals surface area contributed by atoms with Crippen molar-refractivity contribution in [3.8, 4) is 0 Å². The van der Waals surface area contributed by atoms with Gasteiger partial charge in [0.2, 0.25) is 0 Å². The normalized spacial score (nSPS) is 10.2. The Morgan fingerprint density at radius 2 is 1.81 bits per heavy atom. The minimum atomic E-state index is -1.00. The molecule has 3 amide bonds. The largest absolute Gasteiger partial charge is 0.465 e. The smallest absolute Gasteiger partial charge is 0.407 e. The molecule has 0 fully saturated rings. The number of likely N-dealkylation sites (N-methyl/N-ethyl adjacent to an activating group) is 2. The van der Waals surface area contributed by atoms with Gasteiger partial charge >= 0.3 is 12.1 Å². The fourth-order valence-electron chi connectivity index (χ4n) is 0.855. The van der Waals surface area contributed by atoms with Crippen LogP contribution in [0, 0.1) is 0 Å². The maximum atomic E-state index is 11.4. The molecular weight excluding hydrogens is 210 g/mol. The molecule has 0 heterocycles. The van der Waals surface area contributed by atoms with Gasteiger partial charge in [-0.2, -0.15) is 0 Å². The van der Waals surface area contributed by atoms with Crippen LogP contribution in [0.3, 0.4) is 0 Å². The maximum Gasteiger partial charge on any atom is 0.407 e. The molecule has 0 bridgehead atoms. The fourth-order valence-corrected chi connectivity index (χ4v) is 0.855. The number of carbonyl (C=O) groups excluding carboxylic acids is 1. The van der Waals surface area contributed by atoms with Crippen molar-refractivity contribution in [2.45, 2.75) is 13.3 Å². The van der Waals surface area contributed by atoms with Gasteiger partial charge in [-0.15, -0.1) is 0 Å². The highest BCUT2D eigenvalue weighted by Crippen LogP contribution is 1.89. The highest BCUT2D eigenvalue weighted by atomic mass is 16.4. The third-order valence-corrected chi connectivity index (χ3v) is 2.00. The number of urea groups is 1. The van der Waals surface area contributed by atoms with E-state index in [0.717, 1.165) is 11.3 Å². The zero-order valence-electron chi connectivity index (χ0n) is 9.93. The molecule has 0 aliphatic carbocycles. The zero-order chi connectivity index (χ0) is 12.6. The van der Waals surface area contributed by atoms with E-state index in [4.69, 9.17) is 5.11 Å². The Morgan fingerprint density at radius 1 is 1.25 bits per heavy atom. The number of amides is 3. The van der Waals surface area contributed by atoms with Gasteiger partial charge in [0, 0.05) is 33.4 Å². The molecule has 0 aromatic heterocycles. The van der Waals surface area contributed by atoms with Gasteiger partial charge in [-0.1, -0.05) is 13.0 Å². The summed E-state index contributed by atoms with van der Waals surface area (Å²) in [5.74, 6) is 0. The number of rotatable bonds is 5. The molecule has 0 atom stereocenters. The summed E-state index contributed by atoms with van der Waals surface area (Å²) in [6.45, 7) is 2.61. The minimum Gasteiger partial charge on any atom is -0.465 e. The van der Waals surface area contributed by atoms with Crippen molar-refractivity contribution >= 4 is 12.1 Å². The molecule has 0 saturated heterocycles. The minimum absolute atomic E-state index is 0.247. The van der Waals surface area contributed by atoms with Gasteiger partial charge in [0.25, 0.3) is 0 Å². The van der Waals surface area contributed by atoms with E-state index in [1.807, 2.05) is 13.0 Å². The molecular formula is C10H19N3O3. The molecule has 0 aliphatic heterocycles. The van der Waals surface area contributed by atoms with Crippen LogP contribution in [0.1, 0.15) is 13.3 Å². The van der Waals surface area contributed by atoms with Crippen LogP contribution in [0.4, 0.5) is 9.59 Å². The van der Waals surface area contributed by atoms with E-state index >= 15 is 0 Å². The lowest BCUT2D eigenvalue weighted by molar-refractivity contribution is 0.150. The molecule has 0 aliphatic rings. The molecule has 0 saturated carbocycles. The first-order chi connectivity index (χ1) is 7.49. The van der Waals surface area contributed by atoms with E-state index in [1.54, 1.807) is 13.2 Å². The SMILES string of the molecule is CC/C=C\NC(=O)N(C)CCN(C)C(=O)O. The molecule has 0 aromatic carbocycles. The van der Waals surface area contributed by atoms with Gasteiger partial charge in [-0.3, -0.25) is 0 Å². The van der Waals surface area contributed by atoms with Crippen LogP contribution in [0.25, 0.3) is 0 Å². The first-order valence-corrected chi connectivity index (χ1v) is 5.09. The molecule has 0 rings (SSSR count). The van der Waals surface area contributed by atoms with Crippen LogP contribution >= 0.6 is 0 Å². The molecule has 2 N–H and O–H groups in total. The van der Waals surface area contributed by atoms with Crippen molar-refractivity contribution in [3.05, 3.63) is 12.3 Å². The fraction of sp³-hybridized carbons (Fsp3) is 0.600. The molecule has 0 spiro atoms. The van der Waals surface area contributed by atoms with E-state index in [2.05, 4.69) is 5.32 Å². The Morgan fingerprint density at radius 3 is 2.31 bits per heavy atom. The number of nitrogens with one attached hydrogen (secondary N) is 1. The van der Waals surface area contributed by atoms with Gasteiger partial charge in [-0.05, 0) is 6.42 Å². The van der Waals surface area contributed by atoms with Crippen molar-refractivity contribution in [2.24, 2.45) is 0 Å². The predicted octanol–water partition coefficient (Wildman–Crippen LogP) is 1.16. The Hall–Kier alpha value is -1.72. The summed E-state index contributed by atoms with van der Waals surface area (Å²) in [4.78, 5) is 24.4. The van der Waals surface area contributed by atoms with E-state index < -0.39 is 6.09 Å². The van der Waals surface area contributed by atoms with Gasteiger partial charge in [0.15, 0.2) is 0 Å². The Kier molecular flexibility index (Phi) is 6.74. The van der Waals surface area contributed by atoms with Crippen LogP contribution in [-0.4, -0.2) is 54.2 Å². The number of carbonyl (C=O) groups is 2. The second-order valence-corrected chi connectivity index (χ2v) is 3.39. The summed E-state index contributed by atoms with van der Waals surface area (Å²) in [5.41, 5.74) is 0. The second-order valence-electron chi connectivity index (χ2n) is 3.39. The van der Waals surface area contributed by atoms with Crippen molar-refractivity contribution < 1.29 is 14.7 Å². The van der Waals surface area contributed by atoms with Gasteiger partial charge in [0.1, 0.15) is 0 Å². The Bertz CT molecular complexity index is 266. The zero-order valence-corrected chi connectivity index (χ0v) is 9.93. The lowest BCUT2D eigenvalue weighted by atomic mass is 10.5. The van der Waals surface area contributed by atoms with Crippen LogP contribution in [0.2, 0.25) is 0 Å². The maximum absolute atomic E-state index is 11.4. The lowest BCUT2D eigenvalue weighted by Crippen LogP contribution is -2.40. The van der Waals surface area contributed by atoms with Crippen LogP contribution < -0.4 is 5.32 Å². The standard InChI is InChI=1S/C10H19N3O3/c1-4-5-6-11-9(14)12(2)7-8-13(3)10(15)16/h5-6H,4,7-8H2,1-3H3,(H,11,14)(H,15,16)/b6-5-. The van der Waals surface area contributed by atoms with Crippen LogP contribution in [0.5, 0.6) is 0 Å². The van der Waals surface area contributed by atoms with E-state index in [-0.39, 0.29) is 12.6 Å². The molecule has 0 aromatic rings. The summed E-state index contributed by atoms with van der Waals surface area (Å²) in [6, 6.07) is -0.247. The highest BCUT2D eigenvalue weighted by molar-refractivity contribution is 5.74. The number of nitrogens with zero attached hydrogens (tertiary/aromatic N) is 2. The second kappa shape index (κ2) is 7.56. The van der Waals surface area contributed by atoms with Gasteiger partial charge < -0.3 is 20.2 Å². The van der Waals surface area contributed by atoms with Crippen molar-refractivity contribution in [3.63, 3.8) is 0 Å². The number of hydrogen-bond acceptors (Lipinski definition) is 2. The average molecular weight is 229 g/mol. The predicted molar refractivity (Wildman–Crippen MR) is 61.2 cm³/mol. The summed E-state index contributed by atoms with van der Waals surface area (Å²) < 4.78 is 0. The van der Waals surface area contributed by atoms with Crippen molar-refractivity contribution in [2.75, 3.05) is 27.2 Å². The Labute approximate surface area is 95.5 Å². The number of hydrogen-bond donors (Lipinski definition) is 2. The topological polar surface area (TPSA) is 72.9 Å². The monoisotopic (exact) mass is 229 g/mol.